The van der Waals surface area contributed by atoms with Crippen molar-refractivity contribution in [1.29, 1.82) is 0 Å². The molecule has 0 aliphatic carbocycles. The lowest BCUT2D eigenvalue weighted by Gasteiger charge is -2.36. The number of aryl methyl sites for hydroxylation is 1. The van der Waals surface area contributed by atoms with Gasteiger partial charge in [0.2, 0.25) is 0 Å². The van der Waals surface area contributed by atoms with Gasteiger partial charge in [-0.3, -0.25) is 4.68 Å². The van der Waals surface area contributed by atoms with Gasteiger partial charge in [-0.2, -0.15) is 5.10 Å². The van der Waals surface area contributed by atoms with E-state index in [-0.39, 0.29) is 4.75 Å². The molecule has 2 heterocycles. The molecule has 0 saturated heterocycles. The second-order valence-corrected chi connectivity index (χ2v) is 9.56. The molecule has 138 valence electrons. The second-order valence-electron chi connectivity index (χ2n) is 7.21. The molecule has 5 nitrogen and oxygen atoms in total. The number of hydrogen-bond donors (Lipinski definition) is 1. The van der Waals surface area contributed by atoms with Gasteiger partial charge in [0.15, 0.2) is 0 Å². The van der Waals surface area contributed by atoms with Gasteiger partial charge in [0.25, 0.3) is 0 Å². The molecule has 0 radical (unpaired) electrons. The van der Waals surface area contributed by atoms with Crippen LogP contribution < -0.4 is 4.72 Å². The Labute approximate surface area is 157 Å². The van der Waals surface area contributed by atoms with Gasteiger partial charge in [-0.25, -0.2) is 13.9 Å². The molecule has 1 N–H and O–H groups in total. The average molecular weight is 383 g/mol. The first-order valence-corrected chi connectivity index (χ1v) is 10.0. The molecule has 0 saturated carbocycles. The Kier molecular flexibility index (Phi) is 6.07. The number of nitrogens with zero attached hydrogens (tertiary/aromatic N) is 3. The third kappa shape index (κ3) is 4.49. The van der Waals surface area contributed by atoms with Crippen LogP contribution in [0.25, 0.3) is 11.4 Å². The topological polar surface area (TPSA) is 59.8 Å². The summed E-state index contributed by atoms with van der Waals surface area (Å²) in [5, 5.41) is 4.82. The van der Waals surface area contributed by atoms with Crippen molar-refractivity contribution >= 4 is 22.6 Å². The minimum atomic E-state index is -1.19. The maximum atomic E-state index is 12.8. The van der Waals surface area contributed by atoms with Gasteiger partial charge in [0, 0.05) is 13.2 Å². The van der Waals surface area contributed by atoms with E-state index < -0.39 is 16.5 Å². The Balaban J connectivity index is 2.51. The van der Waals surface area contributed by atoms with E-state index in [9.17, 15) is 4.21 Å². The highest BCUT2D eigenvalue weighted by Gasteiger charge is 2.34. The summed E-state index contributed by atoms with van der Waals surface area (Å²) in [5.74, 6) is 0. The van der Waals surface area contributed by atoms with Crippen LogP contribution in [-0.4, -0.2) is 23.7 Å². The molecule has 0 spiro atoms. The van der Waals surface area contributed by atoms with E-state index >= 15 is 0 Å². The van der Waals surface area contributed by atoms with Crippen LogP contribution in [0.2, 0.25) is 5.15 Å². The van der Waals surface area contributed by atoms with Crippen LogP contribution >= 0.6 is 11.6 Å². The standard InChI is InChI=1S/C18H27ClN4OS/c1-7-18(8-2,22-25(24)17(3,4)5)13-11-15(20-16(19)12-13)14-9-10-23(6)21-14/h9-12,22H,7-8H2,1-6H3. The lowest BCUT2D eigenvalue weighted by Crippen LogP contribution is -2.47. The third-order valence-corrected chi connectivity index (χ3v) is 6.26. The quantitative estimate of drug-likeness (QED) is 0.761. The Morgan fingerprint density at radius 1 is 1.20 bits per heavy atom. The summed E-state index contributed by atoms with van der Waals surface area (Å²) in [6.45, 7) is 10.1. The molecule has 2 aromatic rings. The maximum Gasteiger partial charge on any atom is 0.130 e. The number of halogens is 1. The zero-order valence-electron chi connectivity index (χ0n) is 15.8. The van der Waals surface area contributed by atoms with Crippen molar-refractivity contribution in [3.05, 3.63) is 35.1 Å². The lowest BCUT2D eigenvalue weighted by atomic mass is 9.86. The van der Waals surface area contributed by atoms with Crippen LogP contribution in [-0.2, 0) is 23.6 Å². The molecular formula is C18H27ClN4OS. The molecule has 2 rings (SSSR count). The van der Waals surface area contributed by atoms with Crippen molar-refractivity contribution < 1.29 is 4.21 Å². The Bertz CT molecular complexity index is 763. The summed E-state index contributed by atoms with van der Waals surface area (Å²) in [5.41, 5.74) is 2.03. The SMILES string of the molecule is CCC(CC)(NS(=O)C(C)(C)C)c1cc(Cl)nc(-c2ccn(C)n2)c1. The number of aromatic nitrogens is 3. The molecule has 25 heavy (non-hydrogen) atoms. The Morgan fingerprint density at radius 3 is 2.32 bits per heavy atom. The van der Waals surface area contributed by atoms with Gasteiger partial charge >= 0.3 is 0 Å². The fourth-order valence-electron chi connectivity index (χ4n) is 2.65. The lowest BCUT2D eigenvalue weighted by molar-refractivity contribution is 0.370. The van der Waals surface area contributed by atoms with Crippen molar-refractivity contribution in [1.82, 2.24) is 19.5 Å². The molecule has 0 aliphatic heterocycles. The van der Waals surface area contributed by atoms with Crippen LogP contribution in [0.4, 0.5) is 0 Å². The van der Waals surface area contributed by atoms with E-state index in [0.29, 0.717) is 5.15 Å². The van der Waals surface area contributed by atoms with Crippen LogP contribution in [0, 0.1) is 0 Å². The minimum Gasteiger partial charge on any atom is -0.275 e. The van der Waals surface area contributed by atoms with E-state index in [2.05, 4.69) is 28.7 Å². The summed E-state index contributed by atoms with van der Waals surface area (Å²) < 4.78 is 17.5. The van der Waals surface area contributed by atoms with Crippen LogP contribution in [0.15, 0.2) is 24.4 Å². The Morgan fingerprint density at radius 2 is 1.84 bits per heavy atom. The Hall–Kier alpha value is -1.24. The minimum absolute atomic E-state index is 0.351. The summed E-state index contributed by atoms with van der Waals surface area (Å²) in [6.07, 6.45) is 3.44. The highest BCUT2D eigenvalue weighted by molar-refractivity contribution is 7.84. The zero-order chi connectivity index (χ0) is 18.8. The number of hydrogen-bond acceptors (Lipinski definition) is 3. The fraction of sp³-hybridized carbons (Fsp3) is 0.556. The van der Waals surface area contributed by atoms with Crippen LogP contribution in [0.1, 0.15) is 53.0 Å². The molecule has 0 aromatic carbocycles. The number of nitrogens with one attached hydrogen (secondary N) is 1. The van der Waals surface area contributed by atoms with Gasteiger partial charge in [-0.05, 0) is 57.4 Å². The van der Waals surface area contributed by atoms with E-state index in [1.165, 1.54) is 0 Å². The molecule has 7 heteroatoms. The highest BCUT2D eigenvalue weighted by Crippen LogP contribution is 2.34. The number of rotatable bonds is 6. The zero-order valence-corrected chi connectivity index (χ0v) is 17.3. The summed E-state index contributed by atoms with van der Waals surface area (Å²) >= 11 is 6.30. The predicted octanol–water partition coefficient (Wildman–Crippen LogP) is 4.20. The van der Waals surface area contributed by atoms with Crippen molar-refractivity contribution in [2.45, 2.75) is 57.7 Å². The summed E-state index contributed by atoms with van der Waals surface area (Å²) in [6, 6.07) is 5.75. The van der Waals surface area contributed by atoms with Crippen LogP contribution in [0.5, 0.6) is 0 Å². The molecule has 0 amide bonds. The van der Waals surface area contributed by atoms with Gasteiger partial charge in [-0.1, -0.05) is 25.4 Å². The fourth-order valence-corrected chi connectivity index (χ4v) is 3.92. The summed E-state index contributed by atoms with van der Waals surface area (Å²) in [4.78, 5) is 4.41. The smallest absolute Gasteiger partial charge is 0.130 e. The normalized spacial score (nSPS) is 13.9. The van der Waals surface area contributed by atoms with Crippen LogP contribution in [0.3, 0.4) is 0 Å². The number of pyridine rings is 1. The van der Waals surface area contributed by atoms with Gasteiger partial charge in [0.05, 0.1) is 27.0 Å². The molecule has 2 aromatic heterocycles. The van der Waals surface area contributed by atoms with Crippen molar-refractivity contribution in [3.8, 4) is 11.4 Å². The molecule has 1 unspecified atom stereocenters. The largest absolute Gasteiger partial charge is 0.275 e. The van der Waals surface area contributed by atoms with E-state index in [1.54, 1.807) is 4.68 Å². The molecule has 0 bridgehead atoms. The van der Waals surface area contributed by atoms with E-state index in [4.69, 9.17) is 11.6 Å². The summed E-state index contributed by atoms with van der Waals surface area (Å²) in [7, 11) is 0.673. The first kappa shape index (κ1) is 20.1. The van der Waals surface area contributed by atoms with Crippen molar-refractivity contribution in [2.75, 3.05) is 0 Å². The van der Waals surface area contributed by atoms with Gasteiger partial charge in [0.1, 0.15) is 10.8 Å². The molecule has 1 atom stereocenters. The van der Waals surface area contributed by atoms with Crippen molar-refractivity contribution in [3.63, 3.8) is 0 Å². The highest BCUT2D eigenvalue weighted by atomic mass is 35.5. The van der Waals surface area contributed by atoms with Crippen molar-refractivity contribution in [2.24, 2.45) is 7.05 Å². The van der Waals surface area contributed by atoms with Gasteiger partial charge < -0.3 is 0 Å². The second kappa shape index (κ2) is 7.56. The average Bonchev–Trinajstić information content (AvgIpc) is 2.97. The van der Waals surface area contributed by atoms with Gasteiger partial charge in [-0.15, -0.1) is 0 Å². The maximum absolute atomic E-state index is 12.8. The predicted molar refractivity (Wildman–Crippen MR) is 105 cm³/mol. The monoisotopic (exact) mass is 382 g/mol. The third-order valence-electron chi connectivity index (χ3n) is 4.37. The first-order chi connectivity index (χ1) is 11.6. The molecule has 0 aliphatic rings. The van der Waals surface area contributed by atoms with E-state index in [1.807, 2.05) is 52.2 Å². The molecule has 0 fully saturated rings. The molecular weight excluding hydrogens is 356 g/mol. The van der Waals surface area contributed by atoms with E-state index in [0.717, 1.165) is 29.8 Å². The first-order valence-electron chi connectivity index (χ1n) is 8.49.